The second-order valence-corrected chi connectivity index (χ2v) is 2.72. The van der Waals surface area contributed by atoms with E-state index in [0.717, 1.165) is 6.42 Å². The van der Waals surface area contributed by atoms with Crippen molar-refractivity contribution < 1.29 is 19.8 Å². The monoisotopic (exact) mass is 189 g/mol. The minimum Gasteiger partial charge on any atom is -0.480 e. The Morgan fingerprint density at radius 2 is 2.23 bits per heavy atom. The number of aliphatic carboxylic acids is 1. The Balaban J connectivity index is 0.000000310. The van der Waals surface area contributed by atoms with Gasteiger partial charge in [0, 0.05) is 13.0 Å². The fraction of sp³-hybridized carbons (Fsp3) is 0.750. The van der Waals surface area contributed by atoms with Crippen LogP contribution >= 0.6 is 0 Å². The topological polar surface area (TPSA) is 86.6 Å². The first kappa shape index (κ1) is 11.9. The first-order valence-electron chi connectivity index (χ1n) is 4.24. The number of hydrogen-bond acceptors (Lipinski definition) is 3. The lowest BCUT2D eigenvalue weighted by Crippen LogP contribution is -2.32. The van der Waals surface area contributed by atoms with E-state index in [1.807, 2.05) is 6.92 Å². The van der Waals surface area contributed by atoms with Crippen LogP contribution < -0.4 is 5.32 Å². The van der Waals surface area contributed by atoms with E-state index in [2.05, 4.69) is 5.32 Å². The minimum absolute atomic E-state index is 0.164. The second-order valence-electron chi connectivity index (χ2n) is 2.72. The first-order chi connectivity index (χ1) is 6.11. The molecule has 3 N–H and O–H groups in total. The highest BCUT2D eigenvalue weighted by atomic mass is 16.4. The number of hydrogen-bond donors (Lipinski definition) is 3. The van der Waals surface area contributed by atoms with E-state index in [1.54, 1.807) is 0 Å². The molecule has 1 rings (SSSR count). The predicted octanol–water partition coefficient (Wildman–Crippen LogP) is -0.262. The molecule has 1 aliphatic heterocycles. The second kappa shape index (κ2) is 6.42. The zero-order valence-corrected chi connectivity index (χ0v) is 7.62. The predicted molar refractivity (Wildman–Crippen MR) is 46.2 cm³/mol. The van der Waals surface area contributed by atoms with Crippen molar-refractivity contribution in [1.82, 2.24) is 5.32 Å². The summed E-state index contributed by atoms with van der Waals surface area (Å²) in [5.41, 5.74) is 0. The van der Waals surface area contributed by atoms with Gasteiger partial charge in [-0.05, 0) is 12.8 Å². The minimum atomic E-state index is -0.944. The van der Waals surface area contributed by atoms with Crippen LogP contribution in [0.1, 0.15) is 26.2 Å². The van der Waals surface area contributed by atoms with Crippen LogP contribution in [0.25, 0.3) is 0 Å². The molecular formula is C8H15NO4. The molecule has 1 atom stereocenters. The molecule has 0 aromatic heterocycles. The van der Waals surface area contributed by atoms with Crippen LogP contribution in [0.3, 0.4) is 0 Å². The number of amides is 1. The Bertz CT molecular complexity index is 179. The number of rotatable bonds is 2. The zero-order valence-electron chi connectivity index (χ0n) is 7.62. The third-order valence-corrected chi connectivity index (χ3v) is 1.52. The Kier molecular flexibility index (Phi) is 5.88. The van der Waals surface area contributed by atoms with Gasteiger partial charge in [-0.2, -0.15) is 0 Å². The molecule has 0 bridgehead atoms. The molecule has 76 valence electrons. The third kappa shape index (κ3) is 5.19. The Morgan fingerprint density at radius 1 is 1.69 bits per heavy atom. The summed E-state index contributed by atoms with van der Waals surface area (Å²) in [5, 5.41) is 18.5. The number of aliphatic hydroxyl groups is 1. The van der Waals surface area contributed by atoms with Crippen molar-refractivity contribution in [2.24, 2.45) is 0 Å². The molecule has 1 amide bonds. The largest absolute Gasteiger partial charge is 0.480 e. The van der Waals surface area contributed by atoms with Gasteiger partial charge in [0.2, 0.25) is 5.91 Å². The molecule has 0 aliphatic carbocycles. The normalized spacial score (nSPS) is 20.2. The van der Waals surface area contributed by atoms with E-state index in [-0.39, 0.29) is 5.91 Å². The van der Waals surface area contributed by atoms with Crippen molar-refractivity contribution in [1.29, 1.82) is 0 Å². The smallest absolute Gasteiger partial charge is 0.326 e. The Hall–Kier alpha value is -1.10. The van der Waals surface area contributed by atoms with E-state index in [9.17, 15) is 9.59 Å². The molecule has 0 aromatic carbocycles. The van der Waals surface area contributed by atoms with Crippen molar-refractivity contribution in [2.75, 3.05) is 6.61 Å². The number of aliphatic hydroxyl groups excluding tert-OH is 1. The lowest BCUT2D eigenvalue weighted by Gasteiger charge is -1.99. The molecule has 1 saturated heterocycles. The van der Waals surface area contributed by atoms with Gasteiger partial charge in [0.15, 0.2) is 0 Å². The molecule has 5 heteroatoms. The van der Waals surface area contributed by atoms with Gasteiger partial charge in [-0.1, -0.05) is 6.92 Å². The van der Waals surface area contributed by atoms with Gasteiger partial charge in [0.25, 0.3) is 0 Å². The number of carbonyl (C=O) groups is 2. The van der Waals surface area contributed by atoms with Crippen molar-refractivity contribution in [2.45, 2.75) is 32.2 Å². The van der Waals surface area contributed by atoms with Crippen LogP contribution in [-0.4, -0.2) is 34.7 Å². The molecule has 1 fully saturated rings. The summed E-state index contributed by atoms with van der Waals surface area (Å²) < 4.78 is 0. The molecule has 0 saturated carbocycles. The molecule has 13 heavy (non-hydrogen) atoms. The summed E-state index contributed by atoms with van der Waals surface area (Å²) in [7, 11) is 0. The first-order valence-corrected chi connectivity index (χ1v) is 4.24. The van der Waals surface area contributed by atoms with E-state index < -0.39 is 12.0 Å². The van der Waals surface area contributed by atoms with Gasteiger partial charge in [-0.25, -0.2) is 4.79 Å². The molecular weight excluding hydrogens is 174 g/mol. The van der Waals surface area contributed by atoms with Gasteiger partial charge in [-0.15, -0.1) is 0 Å². The van der Waals surface area contributed by atoms with Gasteiger partial charge in [0.05, 0.1) is 0 Å². The highest BCUT2D eigenvalue weighted by Gasteiger charge is 2.26. The fourth-order valence-corrected chi connectivity index (χ4v) is 0.799. The van der Waals surface area contributed by atoms with Crippen LogP contribution in [0.5, 0.6) is 0 Å². The fourth-order valence-electron chi connectivity index (χ4n) is 0.799. The van der Waals surface area contributed by atoms with Gasteiger partial charge in [0.1, 0.15) is 6.04 Å². The standard InChI is InChI=1S/C5H7NO3.C3H8O/c7-4-2-1-3(6-4)5(8)9;1-2-3-4/h3H,1-2H2,(H,6,7)(H,8,9);4H,2-3H2,1H3/t3-;/m0./s1. The van der Waals surface area contributed by atoms with E-state index in [0.29, 0.717) is 19.4 Å². The third-order valence-electron chi connectivity index (χ3n) is 1.52. The number of carboxylic acid groups (broad SMARTS) is 1. The molecule has 5 nitrogen and oxygen atoms in total. The summed E-state index contributed by atoms with van der Waals surface area (Å²) in [6.45, 7) is 2.25. The maximum absolute atomic E-state index is 10.4. The van der Waals surface area contributed by atoms with Crippen molar-refractivity contribution in [3.05, 3.63) is 0 Å². The molecule has 0 unspecified atom stereocenters. The van der Waals surface area contributed by atoms with Crippen LogP contribution in [-0.2, 0) is 9.59 Å². The molecule has 1 aliphatic rings. The van der Waals surface area contributed by atoms with Crippen LogP contribution in [0.15, 0.2) is 0 Å². The van der Waals surface area contributed by atoms with Crippen LogP contribution in [0.2, 0.25) is 0 Å². The van der Waals surface area contributed by atoms with E-state index in [4.69, 9.17) is 10.2 Å². The highest BCUT2D eigenvalue weighted by molar-refractivity contribution is 5.87. The van der Waals surface area contributed by atoms with Gasteiger partial charge in [-0.3, -0.25) is 4.79 Å². The molecule has 1 heterocycles. The van der Waals surface area contributed by atoms with Crippen LogP contribution in [0, 0.1) is 0 Å². The Morgan fingerprint density at radius 3 is 2.38 bits per heavy atom. The van der Waals surface area contributed by atoms with Crippen molar-refractivity contribution in [3.8, 4) is 0 Å². The summed E-state index contributed by atoms with van der Waals surface area (Å²) in [6.07, 6.45) is 1.64. The van der Waals surface area contributed by atoms with Gasteiger partial charge >= 0.3 is 5.97 Å². The maximum Gasteiger partial charge on any atom is 0.326 e. The number of nitrogens with one attached hydrogen (secondary N) is 1. The SMILES string of the molecule is CCCO.O=C1CC[C@@H](C(=O)O)N1. The average Bonchev–Trinajstić information content (AvgIpc) is 2.52. The summed E-state index contributed by atoms with van der Waals surface area (Å²) in [5.74, 6) is -1.11. The highest BCUT2D eigenvalue weighted by Crippen LogP contribution is 2.05. The molecule has 0 spiro atoms. The maximum atomic E-state index is 10.4. The van der Waals surface area contributed by atoms with Gasteiger partial charge < -0.3 is 15.5 Å². The molecule has 0 radical (unpaired) electrons. The summed E-state index contributed by atoms with van der Waals surface area (Å²) >= 11 is 0. The average molecular weight is 189 g/mol. The lowest BCUT2D eigenvalue weighted by molar-refractivity contribution is -0.140. The van der Waals surface area contributed by atoms with E-state index >= 15 is 0 Å². The lowest BCUT2D eigenvalue weighted by atomic mass is 10.2. The number of carbonyl (C=O) groups excluding carboxylic acids is 1. The summed E-state index contributed by atoms with van der Waals surface area (Å²) in [4.78, 5) is 20.5. The Labute approximate surface area is 76.8 Å². The van der Waals surface area contributed by atoms with E-state index in [1.165, 1.54) is 0 Å². The molecule has 0 aromatic rings. The number of carboxylic acids is 1. The van der Waals surface area contributed by atoms with Crippen molar-refractivity contribution >= 4 is 11.9 Å². The van der Waals surface area contributed by atoms with Crippen LogP contribution in [0.4, 0.5) is 0 Å². The quantitative estimate of drug-likeness (QED) is 0.558. The van der Waals surface area contributed by atoms with Crippen molar-refractivity contribution in [3.63, 3.8) is 0 Å². The summed E-state index contributed by atoms with van der Waals surface area (Å²) in [6, 6.07) is -0.641. The zero-order chi connectivity index (χ0) is 10.3.